The molecule has 3 rings (SSSR count). The number of hydrogen-bond acceptors (Lipinski definition) is 6. The van der Waals surface area contributed by atoms with Crippen LogP contribution in [-0.2, 0) is 16.0 Å². The van der Waals surface area contributed by atoms with Crippen molar-refractivity contribution in [3.8, 4) is 0 Å². The standard InChI is InChI=1S/C17H25N5O2S/c1-11-14(12(2)22-16(19-11)20-17(21-22)25-3)9-15(23)18-7-4-8-24-10-13-5-6-13/h13H,4-10H2,1-3H3,(H,18,23). The Balaban J connectivity index is 1.53. The van der Waals surface area contributed by atoms with Crippen molar-refractivity contribution in [1.82, 2.24) is 24.9 Å². The Bertz CT molecular complexity index is 757. The molecule has 136 valence electrons. The van der Waals surface area contributed by atoms with E-state index in [-0.39, 0.29) is 5.91 Å². The largest absolute Gasteiger partial charge is 0.381 e. The summed E-state index contributed by atoms with van der Waals surface area (Å²) in [5, 5.41) is 8.05. The number of aromatic nitrogens is 4. The molecule has 0 radical (unpaired) electrons. The van der Waals surface area contributed by atoms with E-state index in [9.17, 15) is 4.79 Å². The molecule has 0 aromatic carbocycles. The molecular formula is C17H25N5O2S. The highest BCUT2D eigenvalue weighted by molar-refractivity contribution is 7.98. The van der Waals surface area contributed by atoms with Crippen LogP contribution in [0.2, 0.25) is 0 Å². The van der Waals surface area contributed by atoms with Crippen molar-refractivity contribution < 1.29 is 9.53 Å². The van der Waals surface area contributed by atoms with Crippen molar-refractivity contribution in [3.63, 3.8) is 0 Å². The van der Waals surface area contributed by atoms with Crippen molar-refractivity contribution in [2.24, 2.45) is 5.92 Å². The van der Waals surface area contributed by atoms with Gasteiger partial charge < -0.3 is 10.1 Å². The molecule has 2 aromatic rings. The summed E-state index contributed by atoms with van der Waals surface area (Å²) >= 11 is 1.48. The third-order valence-electron chi connectivity index (χ3n) is 4.39. The Morgan fingerprint density at radius 3 is 2.88 bits per heavy atom. The molecule has 8 heteroatoms. The number of carbonyl (C=O) groups excluding carboxylic acids is 1. The van der Waals surface area contributed by atoms with E-state index in [1.165, 1.54) is 24.6 Å². The van der Waals surface area contributed by atoms with Crippen LogP contribution in [0, 0.1) is 19.8 Å². The van der Waals surface area contributed by atoms with Crippen LogP contribution in [0.5, 0.6) is 0 Å². The first-order chi connectivity index (χ1) is 12.1. The van der Waals surface area contributed by atoms with E-state index in [0.717, 1.165) is 35.9 Å². The maximum atomic E-state index is 12.2. The van der Waals surface area contributed by atoms with Gasteiger partial charge in [-0.2, -0.15) is 4.98 Å². The maximum Gasteiger partial charge on any atom is 0.253 e. The Hall–Kier alpha value is -1.67. The highest BCUT2D eigenvalue weighted by Crippen LogP contribution is 2.28. The monoisotopic (exact) mass is 363 g/mol. The first-order valence-corrected chi connectivity index (χ1v) is 9.92. The maximum absolute atomic E-state index is 12.2. The van der Waals surface area contributed by atoms with Gasteiger partial charge in [-0.3, -0.25) is 4.79 Å². The van der Waals surface area contributed by atoms with Gasteiger partial charge in [-0.25, -0.2) is 9.50 Å². The van der Waals surface area contributed by atoms with Crippen molar-refractivity contribution in [2.45, 2.75) is 44.7 Å². The molecule has 1 aliphatic rings. The second kappa shape index (κ2) is 8.14. The lowest BCUT2D eigenvalue weighted by Gasteiger charge is -2.11. The fraction of sp³-hybridized carbons (Fsp3) is 0.647. The highest BCUT2D eigenvalue weighted by Gasteiger charge is 2.21. The van der Waals surface area contributed by atoms with Crippen molar-refractivity contribution in [1.29, 1.82) is 0 Å². The molecule has 1 aliphatic carbocycles. The molecule has 0 spiro atoms. The van der Waals surface area contributed by atoms with Crippen molar-refractivity contribution >= 4 is 23.4 Å². The SMILES string of the molecule is CSc1nc2nc(C)c(CC(=O)NCCCOCC3CC3)c(C)n2n1. The summed E-state index contributed by atoms with van der Waals surface area (Å²) in [6.45, 7) is 6.08. The molecule has 0 unspecified atom stereocenters. The third-order valence-corrected chi connectivity index (χ3v) is 4.93. The van der Waals surface area contributed by atoms with Gasteiger partial charge in [-0.05, 0) is 45.3 Å². The zero-order chi connectivity index (χ0) is 17.8. The van der Waals surface area contributed by atoms with E-state index in [1.54, 1.807) is 4.52 Å². The smallest absolute Gasteiger partial charge is 0.253 e. The molecule has 7 nitrogen and oxygen atoms in total. The van der Waals surface area contributed by atoms with E-state index in [4.69, 9.17) is 4.74 Å². The molecule has 1 N–H and O–H groups in total. The first-order valence-electron chi connectivity index (χ1n) is 8.69. The molecule has 1 saturated carbocycles. The van der Waals surface area contributed by atoms with Gasteiger partial charge in [0.1, 0.15) is 0 Å². The summed E-state index contributed by atoms with van der Waals surface area (Å²) in [4.78, 5) is 21.1. The second-order valence-electron chi connectivity index (χ2n) is 6.47. The normalized spacial score (nSPS) is 14.2. The minimum absolute atomic E-state index is 0.000233. The summed E-state index contributed by atoms with van der Waals surface area (Å²) < 4.78 is 7.29. The minimum Gasteiger partial charge on any atom is -0.381 e. The molecule has 1 amide bonds. The van der Waals surface area contributed by atoms with Crippen LogP contribution in [0.1, 0.15) is 36.2 Å². The molecule has 1 fully saturated rings. The summed E-state index contributed by atoms with van der Waals surface area (Å²) in [6.07, 6.45) is 5.68. The fourth-order valence-electron chi connectivity index (χ4n) is 2.69. The predicted molar refractivity (Wildman–Crippen MR) is 96.9 cm³/mol. The quantitative estimate of drug-likeness (QED) is 0.542. The number of amides is 1. The molecule has 0 atom stereocenters. The van der Waals surface area contributed by atoms with E-state index < -0.39 is 0 Å². The van der Waals surface area contributed by atoms with Gasteiger partial charge in [0.05, 0.1) is 6.42 Å². The molecule has 0 saturated heterocycles. The fourth-order valence-corrected chi connectivity index (χ4v) is 3.03. The van der Waals surface area contributed by atoms with E-state index in [2.05, 4.69) is 20.4 Å². The van der Waals surface area contributed by atoms with Gasteiger partial charge in [-0.15, -0.1) is 5.10 Å². The summed E-state index contributed by atoms with van der Waals surface area (Å²) in [6, 6.07) is 0. The lowest BCUT2D eigenvalue weighted by atomic mass is 10.1. The zero-order valence-corrected chi connectivity index (χ0v) is 15.9. The molecule has 2 heterocycles. The lowest BCUT2D eigenvalue weighted by Crippen LogP contribution is -2.28. The van der Waals surface area contributed by atoms with E-state index in [0.29, 0.717) is 30.5 Å². The zero-order valence-electron chi connectivity index (χ0n) is 15.0. The van der Waals surface area contributed by atoms with Gasteiger partial charge in [0.25, 0.3) is 5.78 Å². The number of thioether (sulfide) groups is 1. The number of rotatable bonds is 9. The van der Waals surface area contributed by atoms with Crippen LogP contribution in [0.25, 0.3) is 5.78 Å². The first kappa shape index (κ1) is 18.1. The average Bonchev–Trinajstić information content (AvgIpc) is 3.32. The van der Waals surface area contributed by atoms with Gasteiger partial charge in [0.2, 0.25) is 11.1 Å². The number of nitrogens with one attached hydrogen (secondary N) is 1. The van der Waals surface area contributed by atoms with Crippen LogP contribution in [0.15, 0.2) is 5.16 Å². The molecule has 0 bridgehead atoms. The summed E-state index contributed by atoms with van der Waals surface area (Å²) in [5.74, 6) is 1.36. The average molecular weight is 363 g/mol. The van der Waals surface area contributed by atoms with Crippen LogP contribution < -0.4 is 5.32 Å². The number of fused-ring (bicyclic) bond motifs is 1. The Kier molecular flexibility index (Phi) is 5.90. The van der Waals surface area contributed by atoms with Crippen LogP contribution in [0.3, 0.4) is 0 Å². The van der Waals surface area contributed by atoms with Crippen molar-refractivity contribution in [2.75, 3.05) is 26.0 Å². The van der Waals surface area contributed by atoms with Gasteiger partial charge >= 0.3 is 0 Å². The van der Waals surface area contributed by atoms with Crippen LogP contribution >= 0.6 is 11.8 Å². The van der Waals surface area contributed by atoms with E-state index in [1.807, 2.05) is 20.1 Å². The third kappa shape index (κ3) is 4.70. The number of ether oxygens (including phenoxy) is 1. The second-order valence-corrected chi connectivity index (χ2v) is 7.24. The summed E-state index contributed by atoms with van der Waals surface area (Å²) in [7, 11) is 0. The lowest BCUT2D eigenvalue weighted by molar-refractivity contribution is -0.120. The Morgan fingerprint density at radius 2 is 2.16 bits per heavy atom. The number of aryl methyl sites for hydroxylation is 2. The van der Waals surface area contributed by atoms with Gasteiger partial charge in [0, 0.05) is 36.7 Å². The van der Waals surface area contributed by atoms with E-state index >= 15 is 0 Å². The van der Waals surface area contributed by atoms with Crippen molar-refractivity contribution in [3.05, 3.63) is 17.0 Å². The number of carbonyl (C=O) groups is 1. The molecule has 0 aliphatic heterocycles. The minimum atomic E-state index is -0.000233. The number of nitrogens with zero attached hydrogens (tertiary/aromatic N) is 4. The molecule has 2 aromatic heterocycles. The van der Waals surface area contributed by atoms with Crippen LogP contribution in [-0.4, -0.2) is 51.5 Å². The van der Waals surface area contributed by atoms with Gasteiger partial charge in [-0.1, -0.05) is 11.8 Å². The molecular weight excluding hydrogens is 338 g/mol. The van der Waals surface area contributed by atoms with Crippen LogP contribution in [0.4, 0.5) is 0 Å². The van der Waals surface area contributed by atoms with Gasteiger partial charge in [0.15, 0.2) is 0 Å². The molecule has 25 heavy (non-hydrogen) atoms. The Labute approximate surface area is 151 Å². The Morgan fingerprint density at radius 1 is 1.36 bits per heavy atom. The highest BCUT2D eigenvalue weighted by atomic mass is 32.2. The predicted octanol–water partition coefficient (Wildman–Crippen LogP) is 1.94. The topological polar surface area (TPSA) is 81.4 Å². The summed E-state index contributed by atoms with van der Waals surface area (Å²) in [5.41, 5.74) is 2.65. The number of hydrogen-bond donors (Lipinski definition) is 1.